The minimum absolute atomic E-state index is 0.109. The third kappa shape index (κ3) is 4.96. The van der Waals surface area contributed by atoms with Crippen molar-refractivity contribution in [3.8, 4) is 22.9 Å². The molecule has 0 radical (unpaired) electrons. The lowest BCUT2D eigenvalue weighted by Crippen LogP contribution is -2.80. The molecule has 5 aliphatic rings. The Hall–Kier alpha value is -4.11. The molecule has 3 aliphatic carbocycles. The average molecular weight is 667 g/mol. The van der Waals surface area contributed by atoms with Gasteiger partial charge in [-0.05, 0) is 61.6 Å². The molecule has 3 saturated carbocycles. The molecule has 1 aromatic carbocycles. The summed E-state index contributed by atoms with van der Waals surface area (Å²) in [5.41, 5.74) is 4.81. The second kappa shape index (κ2) is 11.5. The number of anilines is 1. The highest BCUT2D eigenvalue weighted by molar-refractivity contribution is 6.30. The summed E-state index contributed by atoms with van der Waals surface area (Å²) in [7, 11) is 1.85. The lowest BCUT2D eigenvalue weighted by atomic mass is 9.45. The van der Waals surface area contributed by atoms with Gasteiger partial charge in [0.25, 0.3) is 5.91 Å². The average Bonchev–Trinajstić information content (AvgIpc) is 3.44. The molecule has 0 unspecified atom stereocenters. The van der Waals surface area contributed by atoms with Crippen LogP contribution in [0.3, 0.4) is 0 Å². The van der Waals surface area contributed by atoms with Crippen molar-refractivity contribution in [3.63, 3.8) is 0 Å². The quantitative estimate of drug-likeness (QED) is 0.232. The van der Waals surface area contributed by atoms with E-state index in [2.05, 4.69) is 46.4 Å². The maximum Gasteiger partial charge on any atom is 0.265 e. The Labute approximate surface area is 284 Å². The van der Waals surface area contributed by atoms with Crippen molar-refractivity contribution in [2.24, 2.45) is 11.8 Å². The maximum absolute atomic E-state index is 13.0. The van der Waals surface area contributed by atoms with Gasteiger partial charge >= 0.3 is 0 Å². The first-order chi connectivity index (χ1) is 23.1. The normalized spacial score (nSPS) is 26.5. The Bertz CT molecular complexity index is 1950. The molecule has 5 heterocycles. The summed E-state index contributed by atoms with van der Waals surface area (Å²) in [5, 5.41) is 16.8. The Morgan fingerprint density at radius 2 is 1.96 bits per heavy atom. The Morgan fingerprint density at radius 1 is 1.19 bits per heavy atom. The lowest BCUT2D eigenvalue weighted by Gasteiger charge is -2.73. The minimum Gasteiger partial charge on any atom is -0.482 e. The molecule has 9 rings (SSSR count). The number of pyridine rings is 1. The zero-order valence-corrected chi connectivity index (χ0v) is 28.5. The van der Waals surface area contributed by atoms with Gasteiger partial charge in [-0.2, -0.15) is 10.4 Å². The van der Waals surface area contributed by atoms with E-state index in [-0.39, 0.29) is 30.7 Å². The topological polar surface area (TPSA) is 122 Å². The van der Waals surface area contributed by atoms with E-state index in [0.29, 0.717) is 51.6 Å². The second-order valence-electron chi connectivity index (χ2n) is 14.5. The van der Waals surface area contributed by atoms with Crippen LogP contribution in [0.2, 0.25) is 5.02 Å². The molecule has 248 valence electrons. The van der Waals surface area contributed by atoms with Gasteiger partial charge in [0, 0.05) is 49.1 Å². The van der Waals surface area contributed by atoms with Crippen LogP contribution in [0.25, 0.3) is 22.2 Å². The van der Waals surface area contributed by atoms with E-state index in [0.717, 1.165) is 66.6 Å². The van der Waals surface area contributed by atoms with Crippen LogP contribution in [0.15, 0.2) is 36.8 Å². The number of benzene rings is 1. The first-order valence-electron chi connectivity index (χ1n) is 16.8. The van der Waals surface area contributed by atoms with Crippen molar-refractivity contribution >= 4 is 34.2 Å². The van der Waals surface area contributed by atoms with Gasteiger partial charge < -0.3 is 9.47 Å². The zero-order valence-electron chi connectivity index (χ0n) is 27.7. The van der Waals surface area contributed by atoms with Gasteiger partial charge in [-0.25, -0.2) is 19.6 Å². The number of aromatic nitrogens is 5. The number of nitriles is 1. The number of amides is 1. The van der Waals surface area contributed by atoms with Gasteiger partial charge in [0.2, 0.25) is 0 Å². The van der Waals surface area contributed by atoms with E-state index in [9.17, 15) is 10.1 Å². The molecule has 3 aromatic heterocycles. The van der Waals surface area contributed by atoms with Crippen molar-refractivity contribution in [3.05, 3.63) is 58.9 Å². The third-order valence-electron chi connectivity index (χ3n) is 10.9. The van der Waals surface area contributed by atoms with Crippen LogP contribution in [-0.2, 0) is 22.5 Å². The number of methoxy groups -OCH3 is 1. The summed E-state index contributed by atoms with van der Waals surface area (Å²) in [6.07, 6.45) is 9.99. The molecule has 0 N–H and O–H groups in total. The van der Waals surface area contributed by atoms with Gasteiger partial charge in [-0.15, -0.1) is 0 Å². The highest BCUT2D eigenvalue weighted by Crippen LogP contribution is 2.66. The van der Waals surface area contributed by atoms with Crippen molar-refractivity contribution in [1.29, 1.82) is 5.26 Å². The standard InChI is InChI=1S/C36H39ClN8O3/c1-21(2)9-27-25(11-38)33(23-5-6-29-30(10-23)48-17-32(46)44(29)16-31-39-12-24(37)13-40-31)26-14-41-45(34(26)42-27)28-7-8-43(15-22(28)3)35-18-36(19-35,20-35)47-4/h5-6,10,12-14,21-22,28H,7-9,15-20H2,1-4H3/t22-,28-,35?,36?/m1/s1. The molecule has 1 saturated heterocycles. The van der Waals surface area contributed by atoms with E-state index in [1.807, 2.05) is 31.5 Å². The predicted octanol–water partition coefficient (Wildman–Crippen LogP) is 5.74. The van der Waals surface area contributed by atoms with Crippen LogP contribution in [0, 0.1) is 23.2 Å². The van der Waals surface area contributed by atoms with Gasteiger partial charge in [0.1, 0.15) is 17.6 Å². The Kier molecular flexibility index (Phi) is 7.47. The lowest BCUT2D eigenvalue weighted by molar-refractivity contribution is -0.284. The van der Waals surface area contributed by atoms with Gasteiger partial charge in [0.05, 0.1) is 46.4 Å². The van der Waals surface area contributed by atoms with Crippen LogP contribution in [-0.4, -0.2) is 73.5 Å². The molecule has 1 amide bonds. The SMILES string of the molecule is COC12CC(N3CC[C@@H](n4ncc5c(-c6ccc7c(c6)OCC(=O)N7Cc6ncc(Cl)cn6)c(C#N)c(CC(C)C)nc54)[C@H](C)C3)(C1)C2. The second-order valence-corrected chi connectivity index (χ2v) is 15.0. The highest BCUT2D eigenvalue weighted by atomic mass is 35.5. The summed E-state index contributed by atoms with van der Waals surface area (Å²) < 4.78 is 13.9. The fraction of sp³-hybridized carbons (Fsp3) is 0.500. The number of hydrogen-bond donors (Lipinski definition) is 0. The van der Waals surface area contributed by atoms with Crippen molar-refractivity contribution < 1.29 is 14.3 Å². The number of ether oxygens (including phenoxy) is 2. The molecule has 11 nitrogen and oxygen atoms in total. The number of halogens is 1. The molecule has 48 heavy (non-hydrogen) atoms. The van der Waals surface area contributed by atoms with Crippen LogP contribution >= 0.6 is 11.6 Å². The number of piperidine rings is 1. The number of rotatable bonds is 8. The Balaban J connectivity index is 1.15. The van der Waals surface area contributed by atoms with Gasteiger partial charge in [0.15, 0.2) is 12.3 Å². The molecule has 4 aromatic rings. The number of likely N-dealkylation sites (tertiary alicyclic amines) is 1. The first-order valence-corrected chi connectivity index (χ1v) is 17.1. The van der Waals surface area contributed by atoms with Crippen LogP contribution < -0.4 is 9.64 Å². The zero-order chi connectivity index (χ0) is 33.4. The van der Waals surface area contributed by atoms with Gasteiger partial charge in [-0.1, -0.05) is 38.4 Å². The molecule has 0 spiro atoms. The smallest absolute Gasteiger partial charge is 0.265 e. The van der Waals surface area contributed by atoms with E-state index < -0.39 is 0 Å². The molecule has 2 aliphatic heterocycles. The molecule has 4 fully saturated rings. The molecular formula is C36H39ClN8O3. The Morgan fingerprint density at radius 3 is 2.65 bits per heavy atom. The van der Waals surface area contributed by atoms with E-state index >= 15 is 0 Å². The number of hydrogen-bond acceptors (Lipinski definition) is 9. The van der Waals surface area contributed by atoms with Crippen molar-refractivity contribution in [2.75, 3.05) is 31.7 Å². The number of carbonyl (C=O) groups is 1. The number of nitrogens with zero attached hydrogens (tertiary/aromatic N) is 8. The van der Waals surface area contributed by atoms with Crippen LogP contribution in [0.1, 0.15) is 69.6 Å². The highest BCUT2D eigenvalue weighted by Gasteiger charge is 2.71. The van der Waals surface area contributed by atoms with Gasteiger partial charge in [-0.3, -0.25) is 14.6 Å². The summed E-state index contributed by atoms with van der Waals surface area (Å²) >= 11 is 5.97. The number of fused-ring (bicyclic) bond motifs is 2. The van der Waals surface area contributed by atoms with Crippen LogP contribution in [0.5, 0.6) is 5.75 Å². The summed E-state index contributed by atoms with van der Waals surface area (Å²) in [4.78, 5) is 31.0. The van der Waals surface area contributed by atoms with E-state index in [1.165, 1.54) is 12.4 Å². The molecule has 2 bridgehead atoms. The van der Waals surface area contributed by atoms with Crippen molar-refractivity contribution in [2.45, 2.75) is 76.6 Å². The van der Waals surface area contributed by atoms with E-state index in [1.54, 1.807) is 4.90 Å². The predicted molar refractivity (Wildman–Crippen MR) is 181 cm³/mol. The fourth-order valence-electron chi connectivity index (χ4n) is 8.52. The van der Waals surface area contributed by atoms with E-state index in [4.69, 9.17) is 31.2 Å². The maximum atomic E-state index is 13.0. The summed E-state index contributed by atoms with van der Waals surface area (Å²) in [6, 6.07) is 8.42. The third-order valence-corrected chi connectivity index (χ3v) is 11.1. The molecule has 12 heteroatoms. The van der Waals surface area contributed by atoms with Crippen LogP contribution in [0.4, 0.5) is 5.69 Å². The monoisotopic (exact) mass is 666 g/mol. The van der Waals surface area contributed by atoms with Crippen molar-refractivity contribution in [1.82, 2.24) is 29.6 Å². The summed E-state index contributed by atoms with van der Waals surface area (Å²) in [6.45, 7) is 8.73. The fourth-order valence-corrected chi connectivity index (χ4v) is 8.62. The molecular weight excluding hydrogens is 628 g/mol. The first kappa shape index (κ1) is 31.2. The minimum atomic E-state index is -0.189. The summed E-state index contributed by atoms with van der Waals surface area (Å²) in [5.74, 6) is 1.52. The largest absolute Gasteiger partial charge is 0.482 e. The number of carbonyl (C=O) groups excluding carboxylic acids is 1. The molecule has 2 atom stereocenters.